The fourth-order valence-electron chi connectivity index (χ4n) is 3.06. The molecule has 2 aliphatic heterocycles. The molecule has 0 spiro atoms. The zero-order valence-electron chi connectivity index (χ0n) is 11.8. The molecule has 5 nitrogen and oxygen atoms in total. The Morgan fingerprint density at radius 2 is 2.05 bits per heavy atom. The normalized spacial score (nSPS) is 23.0. The second-order valence-electron chi connectivity index (χ2n) is 5.62. The molecule has 2 saturated heterocycles. The molecule has 3 rings (SSSR count). The summed E-state index contributed by atoms with van der Waals surface area (Å²) in [5.74, 6) is -0.228. The van der Waals surface area contributed by atoms with Crippen LogP contribution in [0.5, 0.6) is 0 Å². The third-order valence-corrected chi connectivity index (χ3v) is 4.77. The molecule has 1 aromatic rings. The lowest BCUT2D eigenvalue weighted by Crippen LogP contribution is -2.39. The van der Waals surface area contributed by atoms with Crippen LogP contribution < -0.4 is 0 Å². The van der Waals surface area contributed by atoms with E-state index in [9.17, 15) is 14.7 Å². The number of halogens is 2. The van der Waals surface area contributed by atoms with Crippen LogP contribution in [0.2, 0.25) is 10.0 Å². The van der Waals surface area contributed by atoms with E-state index in [4.69, 9.17) is 23.2 Å². The smallest absolute Gasteiger partial charge is 0.327 e. The number of nitrogens with zero attached hydrogens (tertiary/aromatic N) is 2. The van der Waals surface area contributed by atoms with Gasteiger partial charge in [-0.05, 0) is 31.4 Å². The number of carbonyl (C=O) groups excluding carboxylic acids is 2. The first-order chi connectivity index (χ1) is 10.5. The minimum atomic E-state index is -1.03. The molecule has 0 aromatic heterocycles. The van der Waals surface area contributed by atoms with Crippen molar-refractivity contribution >= 4 is 35.1 Å². The molecular weight excluding hydrogens is 327 g/mol. The summed E-state index contributed by atoms with van der Waals surface area (Å²) in [6.45, 7) is 0.509. The van der Waals surface area contributed by atoms with E-state index in [1.54, 1.807) is 17.0 Å². The Morgan fingerprint density at radius 3 is 2.73 bits per heavy atom. The molecule has 118 valence electrons. The van der Waals surface area contributed by atoms with Gasteiger partial charge in [-0.2, -0.15) is 0 Å². The van der Waals surface area contributed by atoms with Crippen LogP contribution in [-0.2, 0) is 4.79 Å². The summed E-state index contributed by atoms with van der Waals surface area (Å²) < 4.78 is 0. The summed E-state index contributed by atoms with van der Waals surface area (Å²) in [5.41, 5.74) is 0.455. The van der Waals surface area contributed by atoms with Crippen molar-refractivity contribution in [2.45, 2.75) is 31.4 Å². The lowest BCUT2D eigenvalue weighted by molar-refractivity contribution is -0.129. The predicted molar refractivity (Wildman–Crippen MR) is 82.9 cm³/mol. The number of imide groups is 1. The summed E-state index contributed by atoms with van der Waals surface area (Å²) in [6.07, 6.45) is 1.52. The summed E-state index contributed by atoms with van der Waals surface area (Å²) in [5, 5.41) is 11.1. The monoisotopic (exact) mass is 342 g/mol. The number of amides is 3. The molecule has 2 atom stereocenters. The molecule has 3 amide bonds. The quantitative estimate of drug-likeness (QED) is 0.859. The maximum Gasteiger partial charge on any atom is 0.327 e. The fourth-order valence-corrected chi connectivity index (χ4v) is 3.59. The first kappa shape index (κ1) is 15.6. The molecule has 2 fully saturated rings. The van der Waals surface area contributed by atoms with Crippen LogP contribution >= 0.6 is 23.2 Å². The Bertz CT molecular complexity index is 599. The van der Waals surface area contributed by atoms with Gasteiger partial charge in [0.2, 0.25) is 0 Å². The van der Waals surface area contributed by atoms with E-state index < -0.39 is 6.10 Å². The summed E-state index contributed by atoms with van der Waals surface area (Å²) in [6, 6.07) is 4.06. The van der Waals surface area contributed by atoms with E-state index in [1.807, 2.05) is 0 Å². The highest BCUT2D eigenvalue weighted by atomic mass is 35.5. The second-order valence-corrected chi connectivity index (χ2v) is 6.46. The molecule has 22 heavy (non-hydrogen) atoms. The Balaban J connectivity index is 1.77. The third-order valence-electron chi connectivity index (χ3n) is 4.21. The van der Waals surface area contributed by atoms with Crippen LogP contribution in [0, 0.1) is 0 Å². The number of rotatable bonds is 3. The number of aliphatic hydroxyl groups excluding tert-OH is 1. The Morgan fingerprint density at radius 1 is 1.27 bits per heavy atom. The second kappa shape index (κ2) is 6.07. The van der Waals surface area contributed by atoms with Gasteiger partial charge in [0, 0.05) is 22.2 Å². The molecule has 0 radical (unpaired) electrons. The lowest BCUT2D eigenvalue weighted by atomic mass is 10.0. The van der Waals surface area contributed by atoms with Crippen LogP contribution in [0.1, 0.15) is 30.9 Å². The van der Waals surface area contributed by atoms with Crippen molar-refractivity contribution in [3.8, 4) is 0 Å². The molecule has 2 aliphatic rings. The van der Waals surface area contributed by atoms with Crippen molar-refractivity contribution in [2.75, 3.05) is 13.1 Å². The number of piperidine rings is 1. The molecule has 7 heteroatoms. The van der Waals surface area contributed by atoms with Crippen molar-refractivity contribution in [3.05, 3.63) is 33.8 Å². The molecule has 1 N–H and O–H groups in total. The van der Waals surface area contributed by atoms with Crippen molar-refractivity contribution in [3.63, 3.8) is 0 Å². The topological polar surface area (TPSA) is 60.9 Å². The Hall–Kier alpha value is -1.30. The first-order valence-electron chi connectivity index (χ1n) is 7.24. The van der Waals surface area contributed by atoms with Gasteiger partial charge in [0.1, 0.15) is 6.04 Å². The predicted octanol–water partition coefficient (Wildman–Crippen LogP) is 2.84. The van der Waals surface area contributed by atoms with E-state index in [1.165, 1.54) is 6.07 Å². The maximum absolute atomic E-state index is 12.4. The summed E-state index contributed by atoms with van der Waals surface area (Å²) in [7, 11) is 0. The number of β-amino-alcohol motifs (C(OH)–C–C–N with tert-alkyl or cyclic N) is 1. The molecule has 2 unspecified atom stereocenters. The lowest BCUT2D eigenvalue weighted by Gasteiger charge is -2.26. The van der Waals surface area contributed by atoms with Crippen LogP contribution in [0.4, 0.5) is 4.79 Å². The highest BCUT2D eigenvalue weighted by Crippen LogP contribution is 2.31. The van der Waals surface area contributed by atoms with E-state index in [2.05, 4.69) is 0 Å². The van der Waals surface area contributed by atoms with Gasteiger partial charge in [-0.3, -0.25) is 9.69 Å². The SMILES string of the molecule is O=C1C2CCCCN2C(=O)N1CC(O)c1ccc(Cl)cc1Cl. The highest BCUT2D eigenvalue weighted by Gasteiger charge is 2.46. The number of urea groups is 1. The van der Waals surface area contributed by atoms with E-state index in [0.717, 1.165) is 17.7 Å². The number of fused-ring (bicyclic) bond motifs is 1. The van der Waals surface area contributed by atoms with Gasteiger partial charge in [-0.25, -0.2) is 4.79 Å². The third kappa shape index (κ3) is 2.69. The van der Waals surface area contributed by atoms with Crippen LogP contribution in [0.3, 0.4) is 0 Å². The summed E-state index contributed by atoms with van der Waals surface area (Å²) in [4.78, 5) is 27.4. The number of hydrogen-bond acceptors (Lipinski definition) is 3. The van der Waals surface area contributed by atoms with E-state index in [0.29, 0.717) is 28.6 Å². The van der Waals surface area contributed by atoms with E-state index in [-0.39, 0.29) is 24.5 Å². The Labute approximate surface area is 138 Å². The van der Waals surface area contributed by atoms with Crippen molar-refractivity contribution in [2.24, 2.45) is 0 Å². The van der Waals surface area contributed by atoms with Gasteiger partial charge in [0.25, 0.3) is 5.91 Å². The fraction of sp³-hybridized carbons (Fsp3) is 0.467. The number of carbonyl (C=O) groups is 2. The van der Waals surface area contributed by atoms with Gasteiger partial charge in [-0.1, -0.05) is 29.3 Å². The van der Waals surface area contributed by atoms with Gasteiger partial charge >= 0.3 is 6.03 Å². The van der Waals surface area contributed by atoms with Crippen LogP contribution in [0.15, 0.2) is 18.2 Å². The van der Waals surface area contributed by atoms with Gasteiger partial charge in [0.15, 0.2) is 0 Å². The number of aliphatic hydroxyl groups is 1. The van der Waals surface area contributed by atoms with Crippen molar-refractivity contribution in [1.82, 2.24) is 9.80 Å². The van der Waals surface area contributed by atoms with Gasteiger partial charge in [0.05, 0.1) is 12.6 Å². The molecule has 1 aromatic carbocycles. The minimum Gasteiger partial charge on any atom is -0.386 e. The largest absolute Gasteiger partial charge is 0.386 e. The first-order valence-corrected chi connectivity index (χ1v) is 7.99. The average Bonchev–Trinajstić information content (AvgIpc) is 2.73. The molecular formula is C15H16Cl2N2O3. The maximum atomic E-state index is 12.4. The number of hydrogen-bond donors (Lipinski definition) is 1. The van der Waals surface area contributed by atoms with Gasteiger partial charge < -0.3 is 10.0 Å². The standard InChI is InChI=1S/C15H16Cl2N2O3/c16-9-4-5-10(11(17)7-9)13(20)8-19-14(21)12-3-1-2-6-18(12)15(19)22/h4-5,7,12-13,20H,1-3,6,8H2. The zero-order valence-corrected chi connectivity index (χ0v) is 13.3. The minimum absolute atomic E-state index is 0.0913. The Kier molecular flexibility index (Phi) is 4.30. The number of benzene rings is 1. The summed E-state index contributed by atoms with van der Waals surface area (Å²) >= 11 is 11.9. The zero-order chi connectivity index (χ0) is 15.9. The van der Waals surface area contributed by atoms with Gasteiger partial charge in [-0.15, -0.1) is 0 Å². The van der Waals surface area contributed by atoms with E-state index >= 15 is 0 Å². The van der Waals surface area contributed by atoms with Crippen LogP contribution in [-0.4, -0.2) is 46.0 Å². The van der Waals surface area contributed by atoms with Crippen molar-refractivity contribution < 1.29 is 14.7 Å². The molecule has 0 aliphatic carbocycles. The highest BCUT2D eigenvalue weighted by molar-refractivity contribution is 6.35. The van der Waals surface area contributed by atoms with Crippen LogP contribution in [0.25, 0.3) is 0 Å². The molecule has 0 saturated carbocycles. The average molecular weight is 343 g/mol. The van der Waals surface area contributed by atoms with Crippen molar-refractivity contribution in [1.29, 1.82) is 0 Å². The molecule has 0 bridgehead atoms. The molecule has 2 heterocycles.